The first-order chi connectivity index (χ1) is 16.5. The summed E-state index contributed by atoms with van der Waals surface area (Å²) in [6.07, 6.45) is 1.25. The van der Waals surface area contributed by atoms with E-state index in [0.29, 0.717) is 22.3 Å². The summed E-state index contributed by atoms with van der Waals surface area (Å²) in [7, 11) is 1.18. The molecule has 0 atom stereocenters. The molecule has 0 fully saturated rings. The standard InChI is InChI=1S/C24H18N4O6/c1-33-21(29)15-34-22-17(10-7-13-20(22)28(31)32)14-25-27-23(16-8-3-2-4-9-16)26-19-12-6-5-11-18(19)24(27)30/h2-14H,15H2,1H3. The van der Waals surface area contributed by atoms with E-state index in [2.05, 4.69) is 14.8 Å². The monoisotopic (exact) mass is 458 g/mol. The van der Waals surface area contributed by atoms with Gasteiger partial charge in [0.05, 0.1) is 29.2 Å². The van der Waals surface area contributed by atoms with Gasteiger partial charge in [-0.25, -0.2) is 9.78 Å². The van der Waals surface area contributed by atoms with E-state index in [1.807, 2.05) is 18.2 Å². The first-order valence-corrected chi connectivity index (χ1v) is 10.1. The maximum absolute atomic E-state index is 13.3. The van der Waals surface area contributed by atoms with E-state index >= 15 is 0 Å². The molecular formula is C24H18N4O6. The average Bonchev–Trinajstić information content (AvgIpc) is 2.87. The number of benzene rings is 3. The summed E-state index contributed by atoms with van der Waals surface area (Å²) in [5, 5.41) is 16.2. The number of nitro groups is 1. The minimum absolute atomic E-state index is 0.176. The second-order valence-electron chi connectivity index (χ2n) is 7.00. The Kier molecular flexibility index (Phi) is 6.40. The lowest BCUT2D eigenvalue weighted by molar-refractivity contribution is -0.385. The van der Waals surface area contributed by atoms with E-state index in [1.165, 1.54) is 31.5 Å². The number of rotatable bonds is 7. The second kappa shape index (κ2) is 9.74. The lowest BCUT2D eigenvalue weighted by atomic mass is 10.2. The van der Waals surface area contributed by atoms with Gasteiger partial charge >= 0.3 is 11.7 Å². The predicted molar refractivity (Wildman–Crippen MR) is 125 cm³/mol. The third kappa shape index (κ3) is 4.51. The first kappa shape index (κ1) is 22.3. The zero-order chi connectivity index (χ0) is 24.1. The minimum Gasteiger partial charge on any atom is -0.474 e. The number of para-hydroxylation sites is 2. The summed E-state index contributed by atoms with van der Waals surface area (Å²) >= 11 is 0. The quantitative estimate of drug-likeness (QED) is 0.180. The highest BCUT2D eigenvalue weighted by Gasteiger charge is 2.20. The van der Waals surface area contributed by atoms with Crippen LogP contribution in [0.15, 0.2) is 82.7 Å². The smallest absolute Gasteiger partial charge is 0.343 e. The lowest BCUT2D eigenvalue weighted by Crippen LogP contribution is -2.20. The molecule has 10 heteroatoms. The Hall–Kier alpha value is -4.86. The Balaban J connectivity index is 1.87. The Bertz CT molecular complexity index is 1460. The molecule has 0 aliphatic carbocycles. The molecule has 0 saturated carbocycles. The molecule has 3 aromatic carbocycles. The fraction of sp³-hybridized carbons (Fsp3) is 0.0833. The number of carbonyl (C=O) groups excluding carboxylic acids is 1. The molecule has 0 saturated heterocycles. The van der Waals surface area contributed by atoms with Crippen LogP contribution in [0.5, 0.6) is 5.75 Å². The molecular weight excluding hydrogens is 440 g/mol. The highest BCUT2D eigenvalue weighted by molar-refractivity contribution is 5.87. The molecule has 0 unspecified atom stereocenters. The molecule has 4 rings (SSSR count). The van der Waals surface area contributed by atoms with E-state index in [4.69, 9.17) is 4.74 Å². The molecule has 1 aromatic heterocycles. The SMILES string of the molecule is COC(=O)COc1c(C=Nn2c(-c3ccccc3)nc3ccccc3c2=O)cccc1[N+](=O)[O-]. The van der Waals surface area contributed by atoms with Crippen molar-refractivity contribution in [2.75, 3.05) is 13.7 Å². The van der Waals surface area contributed by atoms with E-state index < -0.39 is 23.1 Å². The van der Waals surface area contributed by atoms with Gasteiger partial charge in [-0.1, -0.05) is 48.5 Å². The van der Waals surface area contributed by atoms with Crippen LogP contribution in [-0.2, 0) is 9.53 Å². The zero-order valence-electron chi connectivity index (χ0n) is 18.0. The van der Waals surface area contributed by atoms with Gasteiger partial charge < -0.3 is 9.47 Å². The van der Waals surface area contributed by atoms with Crippen molar-refractivity contribution in [2.45, 2.75) is 0 Å². The van der Waals surface area contributed by atoms with Crippen molar-refractivity contribution in [1.29, 1.82) is 0 Å². The third-order valence-corrected chi connectivity index (χ3v) is 4.88. The normalized spacial score (nSPS) is 11.0. The number of nitro benzene ring substituents is 1. The van der Waals surface area contributed by atoms with Gasteiger partial charge in [-0.15, -0.1) is 0 Å². The van der Waals surface area contributed by atoms with Gasteiger partial charge in [0.2, 0.25) is 5.75 Å². The Labute approximate surface area is 192 Å². The van der Waals surface area contributed by atoms with Crippen LogP contribution >= 0.6 is 0 Å². The van der Waals surface area contributed by atoms with Crippen molar-refractivity contribution in [2.24, 2.45) is 5.10 Å². The molecule has 0 amide bonds. The number of esters is 1. The van der Waals surface area contributed by atoms with E-state index in [-0.39, 0.29) is 17.0 Å². The molecule has 4 aromatic rings. The Morgan fingerprint density at radius 2 is 1.82 bits per heavy atom. The fourth-order valence-electron chi connectivity index (χ4n) is 3.26. The largest absolute Gasteiger partial charge is 0.474 e. The maximum Gasteiger partial charge on any atom is 0.343 e. The van der Waals surface area contributed by atoms with Crippen LogP contribution in [0.2, 0.25) is 0 Å². The third-order valence-electron chi connectivity index (χ3n) is 4.88. The number of methoxy groups -OCH3 is 1. The first-order valence-electron chi connectivity index (χ1n) is 10.1. The molecule has 34 heavy (non-hydrogen) atoms. The predicted octanol–water partition coefficient (Wildman–Crippen LogP) is 3.41. The number of nitrogens with zero attached hydrogens (tertiary/aromatic N) is 4. The second-order valence-corrected chi connectivity index (χ2v) is 7.00. The van der Waals surface area contributed by atoms with E-state index in [9.17, 15) is 19.7 Å². The summed E-state index contributed by atoms with van der Waals surface area (Å²) in [5.74, 6) is -0.588. The van der Waals surface area contributed by atoms with Crippen molar-refractivity contribution in [3.05, 3.63) is 98.8 Å². The van der Waals surface area contributed by atoms with Gasteiger partial charge in [0.15, 0.2) is 12.4 Å². The summed E-state index contributed by atoms with van der Waals surface area (Å²) in [4.78, 5) is 40.3. The summed E-state index contributed by atoms with van der Waals surface area (Å²) in [6, 6.07) is 20.1. The van der Waals surface area contributed by atoms with Gasteiger partial charge in [0.1, 0.15) is 0 Å². The van der Waals surface area contributed by atoms with Crippen molar-refractivity contribution in [3.63, 3.8) is 0 Å². The number of aromatic nitrogens is 2. The van der Waals surface area contributed by atoms with Gasteiger partial charge in [-0.3, -0.25) is 14.9 Å². The molecule has 0 N–H and O–H groups in total. The van der Waals surface area contributed by atoms with Crippen LogP contribution in [0.3, 0.4) is 0 Å². The molecule has 0 aliphatic heterocycles. The van der Waals surface area contributed by atoms with Gasteiger partial charge in [0.25, 0.3) is 5.56 Å². The van der Waals surface area contributed by atoms with Crippen LogP contribution in [0.25, 0.3) is 22.3 Å². The van der Waals surface area contributed by atoms with Crippen molar-refractivity contribution < 1.29 is 19.2 Å². The topological polar surface area (TPSA) is 126 Å². The highest BCUT2D eigenvalue weighted by Crippen LogP contribution is 2.30. The minimum atomic E-state index is -0.706. The van der Waals surface area contributed by atoms with E-state index in [0.717, 1.165) is 4.68 Å². The molecule has 10 nitrogen and oxygen atoms in total. The number of carbonyl (C=O) groups is 1. The molecule has 1 heterocycles. The van der Waals surface area contributed by atoms with Gasteiger partial charge in [0, 0.05) is 17.2 Å². The summed E-state index contributed by atoms with van der Waals surface area (Å²) in [6.45, 7) is -0.533. The molecule has 0 aliphatic rings. The molecule has 0 spiro atoms. The zero-order valence-corrected chi connectivity index (χ0v) is 18.0. The highest BCUT2D eigenvalue weighted by atomic mass is 16.6. The molecule has 0 bridgehead atoms. The lowest BCUT2D eigenvalue weighted by Gasteiger charge is -2.10. The van der Waals surface area contributed by atoms with Crippen LogP contribution in [0.4, 0.5) is 5.69 Å². The number of fused-ring (bicyclic) bond motifs is 1. The average molecular weight is 458 g/mol. The maximum atomic E-state index is 13.3. The van der Waals surface area contributed by atoms with Crippen molar-refractivity contribution in [3.8, 4) is 17.1 Å². The molecule has 170 valence electrons. The van der Waals surface area contributed by atoms with Gasteiger partial charge in [-0.2, -0.15) is 9.78 Å². The summed E-state index contributed by atoms with van der Waals surface area (Å²) in [5.41, 5.74) is 0.583. The van der Waals surface area contributed by atoms with Crippen LogP contribution in [0, 0.1) is 10.1 Å². The van der Waals surface area contributed by atoms with Crippen LogP contribution in [0.1, 0.15) is 5.56 Å². The van der Waals surface area contributed by atoms with Crippen LogP contribution < -0.4 is 10.3 Å². The number of hydrogen-bond donors (Lipinski definition) is 0. The van der Waals surface area contributed by atoms with Crippen LogP contribution in [-0.4, -0.2) is 40.5 Å². The number of ether oxygens (including phenoxy) is 2. The van der Waals surface area contributed by atoms with Crippen molar-refractivity contribution >= 4 is 28.8 Å². The van der Waals surface area contributed by atoms with Crippen molar-refractivity contribution in [1.82, 2.24) is 9.66 Å². The fourth-order valence-corrected chi connectivity index (χ4v) is 3.26. The Morgan fingerprint density at radius 3 is 2.56 bits per heavy atom. The van der Waals surface area contributed by atoms with Gasteiger partial charge in [-0.05, 0) is 18.2 Å². The molecule has 0 radical (unpaired) electrons. The summed E-state index contributed by atoms with van der Waals surface area (Å²) < 4.78 is 11.0. The Morgan fingerprint density at radius 1 is 1.09 bits per heavy atom. The van der Waals surface area contributed by atoms with E-state index in [1.54, 1.807) is 36.4 Å². The number of hydrogen-bond acceptors (Lipinski definition) is 8.